The Morgan fingerprint density at radius 1 is 1.29 bits per heavy atom. The van der Waals surface area contributed by atoms with Gasteiger partial charge in [-0.05, 0) is 54.6 Å². The number of amides is 1. The third kappa shape index (κ3) is 5.62. The number of nitrogens with one attached hydrogen (secondary N) is 1. The molecule has 2 aromatic rings. The molecule has 0 spiro atoms. The summed E-state index contributed by atoms with van der Waals surface area (Å²) in [6.07, 6.45) is 3.04. The van der Waals surface area contributed by atoms with Crippen LogP contribution < -0.4 is 5.32 Å². The molecule has 1 aromatic heterocycles. The number of carbonyl (C=O) groups is 2. The highest BCUT2D eigenvalue weighted by atomic mass is 79.9. The van der Waals surface area contributed by atoms with Gasteiger partial charge in [0.05, 0.1) is 6.04 Å². The molecule has 0 aliphatic rings. The highest BCUT2D eigenvalue weighted by Crippen LogP contribution is 2.17. The predicted octanol–water partition coefficient (Wildman–Crippen LogP) is 4.25. The van der Waals surface area contributed by atoms with Crippen molar-refractivity contribution < 1.29 is 14.3 Å². The van der Waals surface area contributed by atoms with E-state index in [2.05, 4.69) is 21.2 Å². The molecule has 1 atom stereocenters. The molecule has 0 aliphatic heterocycles. The average molecular weight is 408 g/mol. The van der Waals surface area contributed by atoms with E-state index in [1.54, 1.807) is 17.4 Å². The molecule has 6 heteroatoms. The highest BCUT2D eigenvalue weighted by molar-refractivity contribution is 9.10. The van der Waals surface area contributed by atoms with Crippen LogP contribution in [0.25, 0.3) is 6.08 Å². The largest absolute Gasteiger partial charge is 0.452 e. The number of rotatable bonds is 6. The number of hydrogen-bond acceptors (Lipinski definition) is 4. The fourth-order valence-corrected chi connectivity index (χ4v) is 3.09. The minimum absolute atomic E-state index is 0.159. The van der Waals surface area contributed by atoms with Crippen LogP contribution in [0.4, 0.5) is 0 Å². The third-order valence-corrected chi connectivity index (χ3v) is 4.88. The average Bonchev–Trinajstić information content (AvgIpc) is 2.96. The summed E-state index contributed by atoms with van der Waals surface area (Å²) in [5, 5.41) is 4.75. The second-order valence-corrected chi connectivity index (χ2v) is 7.11. The fourth-order valence-electron chi connectivity index (χ4n) is 2.00. The van der Waals surface area contributed by atoms with Crippen LogP contribution in [0.2, 0.25) is 0 Å². The fraction of sp³-hybridized carbons (Fsp3) is 0.222. The number of halogens is 1. The molecule has 0 unspecified atom stereocenters. The van der Waals surface area contributed by atoms with Gasteiger partial charge in [0.15, 0.2) is 6.61 Å². The first kappa shape index (κ1) is 18.4. The van der Waals surface area contributed by atoms with Gasteiger partial charge in [-0.2, -0.15) is 0 Å². The molecule has 126 valence electrons. The smallest absolute Gasteiger partial charge is 0.331 e. The van der Waals surface area contributed by atoms with Crippen LogP contribution in [0, 0.1) is 6.92 Å². The van der Waals surface area contributed by atoms with E-state index in [0.29, 0.717) is 0 Å². The zero-order valence-electron chi connectivity index (χ0n) is 13.4. The van der Waals surface area contributed by atoms with Gasteiger partial charge in [0.1, 0.15) is 0 Å². The van der Waals surface area contributed by atoms with E-state index in [4.69, 9.17) is 4.74 Å². The second-order valence-electron chi connectivity index (χ2n) is 5.25. The van der Waals surface area contributed by atoms with Crippen molar-refractivity contribution in [2.45, 2.75) is 19.9 Å². The lowest BCUT2D eigenvalue weighted by atomic mass is 10.1. The maximum absolute atomic E-state index is 11.9. The van der Waals surface area contributed by atoms with Crippen molar-refractivity contribution in [1.29, 1.82) is 0 Å². The lowest BCUT2D eigenvalue weighted by Gasteiger charge is -2.14. The summed E-state index contributed by atoms with van der Waals surface area (Å²) in [6.45, 7) is 3.55. The van der Waals surface area contributed by atoms with Crippen molar-refractivity contribution in [1.82, 2.24) is 5.32 Å². The molecule has 0 fully saturated rings. The summed E-state index contributed by atoms with van der Waals surface area (Å²) < 4.78 is 5.94. The molecule has 0 radical (unpaired) electrons. The number of ether oxygens (including phenoxy) is 1. The molecule has 4 nitrogen and oxygen atoms in total. The lowest BCUT2D eigenvalue weighted by molar-refractivity contribution is -0.144. The van der Waals surface area contributed by atoms with Crippen molar-refractivity contribution in [3.8, 4) is 0 Å². The summed E-state index contributed by atoms with van der Waals surface area (Å²) >= 11 is 4.91. The predicted molar refractivity (Wildman–Crippen MR) is 99.7 cm³/mol. The molecule has 0 saturated heterocycles. The van der Waals surface area contributed by atoms with E-state index < -0.39 is 5.97 Å². The van der Waals surface area contributed by atoms with Gasteiger partial charge in [0, 0.05) is 15.4 Å². The standard InChI is InChI=1S/C18H18BrNO3S/c1-12-9-10-24-16(12)7-8-18(22)23-11-17(21)20-13(2)14-3-5-15(19)6-4-14/h3-10,13H,11H2,1-2H3,(H,20,21)/b8-7+/t13-/m0/s1. The number of aryl methyl sites for hydroxylation is 1. The molecular weight excluding hydrogens is 390 g/mol. The number of carbonyl (C=O) groups excluding carboxylic acids is 2. The third-order valence-electron chi connectivity index (χ3n) is 3.37. The first-order chi connectivity index (χ1) is 11.5. The molecule has 24 heavy (non-hydrogen) atoms. The molecular formula is C18H18BrNO3S. The van der Waals surface area contributed by atoms with E-state index in [0.717, 1.165) is 20.5 Å². The number of esters is 1. The van der Waals surface area contributed by atoms with Gasteiger partial charge in [0.2, 0.25) is 0 Å². The van der Waals surface area contributed by atoms with E-state index in [9.17, 15) is 9.59 Å². The Morgan fingerprint density at radius 3 is 2.62 bits per heavy atom. The Morgan fingerprint density at radius 2 is 2.00 bits per heavy atom. The van der Waals surface area contributed by atoms with Gasteiger partial charge in [-0.15, -0.1) is 11.3 Å². The van der Waals surface area contributed by atoms with E-state index in [1.807, 2.05) is 49.6 Å². The van der Waals surface area contributed by atoms with Crippen molar-refractivity contribution in [3.63, 3.8) is 0 Å². The minimum atomic E-state index is -0.533. The highest BCUT2D eigenvalue weighted by Gasteiger charge is 2.11. The lowest BCUT2D eigenvalue weighted by Crippen LogP contribution is -2.30. The Labute approximate surface area is 153 Å². The van der Waals surface area contributed by atoms with E-state index in [-0.39, 0.29) is 18.6 Å². The molecule has 1 aromatic carbocycles. The summed E-state index contributed by atoms with van der Waals surface area (Å²) in [4.78, 5) is 24.5. The van der Waals surface area contributed by atoms with Crippen LogP contribution in [0.5, 0.6) is 0 Å². The van der Waals surface area contributed by atoms with Crippen molar-refractivity contribution in [2.24, 2.45) is 0 Å². The summed E-state index contributed by atoms with van der Waals surface area (Å²) in [6, 6.07) is 9.49. The quantitative estimate of drug-likeness (QED) is 0.574. The van der Waals surface area contributed by atoms with Crippen molar-refractivity contribution in [3.05, 3.63) is 62.3 Å². The Kier molecular flexibility index (Phi) is 6.75. The molecule has 2 rings (SSSR count). The number of hydrogen-bond donors (Lipinski definition) is 1. The van der Waals surface area contributed by atoms with Crippen LogP contribution in [0.15, 0.2) is 46.3 Å². The zero-order chi connectivity index (χ0) is 17.5. The first-order valence-electron chi connectivity index (χ1n) is 7.39. The normalized spacial score (nSPS) is 12.1. The van der Waals surface area contributed by atoms with Gasteiger partial charge in [0.25, 0.3) is 5.91 Å². The molecule has 0 saturated carbocycles. The topological polar surface area (TPSA) is 55.4 Å². The molecule has 0 aliphatic carbocycles. The first-order valence-corrected chi connectivity index (χ1v) is 9.06. The summed E-state index contributed by atoms with van der Waals surface area (Å²) in [7, 11) is 0. The maximum atomic E-state index is 11.9. The van der Waals surface area contributed by atoms with E-state index in [1.165, 1.54) is 6.08 Å². The van der Waals surface area contributed by atoms with Crippen LogP contribution in [0.1, 0.15) is 29.0 Å². The van der Waals surface area contributed by atoms with Crippen LogP contribution >= 0.6 is 27.3 Å². The number of thiophene rings is 1. The SMILES string of the molecule is Cc1ccsc1/C=C/C(=O)OCC(=O)N[C@@H](C)c1ccc(Br)cc1. The van der Waals surface area contributed by atoms with Crippen molar-refractivity contribution >= 4 is 45.2 Å². The molecule has 0 bridgehead atoms. The molecule has 1 heterocycles. The summed E-state index contributed by atoms with van der Waals surface area (Å²) in [5.74, 6) is -0.867. The Hall–Kier alpha value is -1.92. The second kappa shape index (κ2) is 8.80. The summed E-state index contributed by atoms with van der Waals surface area (Å²) in [5.41, 5.74) is 2.08. The van der Waals surface area contributed by atoms with Crippen LogP contribution in [-0.2, 0) is 14.3 Å². The minimum Gasteiger partial charge on any atom is -0.452 e. The monoisotopic (exact) mass is 407 g/mol. The van der Waals surface area contributed by atoms with Gasteiger partial charge < -0.3 is 10.1 Å². The van der Waals surface area contributed by atoms with Crippen LogP contribution in [-0.4, -0.2) is 18.5 Å². The maximum Gasteiger partial charge on any atom is 0.331 e. The van der Waals surface area contributed by atoms with Crippen LogP contribution in [0.3, 0.4) is 0 Å². The molecule has 1 amide bonds. The molecule has 1 N–H and O–H groups in total. The van der Waals surface area contributed by atoms with Gasteiger partial charge in [-0.3, -0.25) is 4.79 Å². The number of benzene rings is 1. The van der Waals surface area contributed by atoms with Crippen molar-refractivity contribution in [2.75, 3.05) is 6.61 Å². The zero-order valence-corrected chi connectivity index (χ0v) is 15.8. The Bertz CT molecular complexity index is 737. The van der Waals surface area contributed by atoms with Gasteiger partial charge in [-0.1, -0.05) is 28.1 Å². The van der Waals surface area contributed by atoms with Gasteiger partial charge in [-0.25, -0.2) is 4.79 Å². The van der Waals surface area contributed by atoms with E-state index >= 15 is 0 Å². The Balaban J connectivity index is 1.78. The van der Waals surface area contributed by atoms with Gasteiger partial charge >= 0.3 is 5.97 Å².